The van der Waals surface area contributed by atoms with Crippen molar-refractivity contribution in [3.05, 3.63) is 59.7 Å². The zero-order valence-corrected chi connectivity index (χ0v) is 24.9. The summed E-state index contributed by atoms with van der Waals surface area (Å²) < 4.78 is 41.0. The normalized spacial score (nSPS) is 14.9. The van der Waals surface area contributed by atoms with Gasteiger partial charge in [0, 0.05) is 13.0 Å². The molecule has 0 bridgehead atoms. The molecule has 1 fully saturated rings. The van der Waals surface area contributed by atoms with Gasteiger partial charge in [-0.3, -0.25) is 23.3 Å². The molecule has 218 valence electrons. The van der Waals surface area contributed by atoms with Crippen LogP contribution >= 0.6 is 7.82 Å². The van der Waals surface area contributed by atoms with Crippen LogP contribution in [-0.4, -0.2) is 54.4 Å². The number of amides is 3. The van der Waals surface area contributed by atoms with E-state index in [0.717, 1.165) is 10.5 Å². The van der Waals surface area contributed by atoms with Gasteiger partial charge in [0.25, 0.3) is 0 Å². The summed E-state index contributed by atoms with van der Waals surface area (Å²) in [6, 6.07) is 13.0. The van der Waals surface area contributed by atoms with Crippen molar-refractivity contribution < 1.29 is 42.0 Å². The minimum absolute atomic E-state index is 0.0295. The number of esters is 1. The molecule has 12 heteroatoms. The number of phosphoric acid groups is 1. The molecular weight excluding hydrogens is 539 g/mol. The number of benzene rings is 2. The second kappa shape index (κ2) is 12.5. The number of anilines is 1. The lowest BCUT2D eigenvalue weighted by Gasteiger charge is -2.36. The predicted molar refractivity (Wildman–Crippen MR) is 148 cm³/mol. The maximum atomic E-state index is 13.5. The highest BCUT2D eigenvalue weighted by atomic mass is 31.2. The minimum atomic E-state index is -4.19. The molecule has 3 rings (SSSR count). The zero-order valence-electron chi connectivity index (χ0n) is 24.0. The second-order valence-electron chi connectivity index (χ2n) is 11.1. The first-order valence-electron chi connectivity index (χ1n) is 12.8. The molecule has 1 aliphatic heterocycles. The standard InChI is InChI=1S/C28H37N2O9P/c1-27(2,3)38-40(34,39-28(4,5)6)37-19-30-24(31)15-16-29(26(30)33)22-17-21(13-14-23(22)35-7)25(32)36-18-20-11-9-8-10-12-20/h8-14,17H,15-16,18-19H2,1-7H3. The Morgan fingerprint density at radius 3 is 2.15 bits per heavy atom. The monoisotopic (exact) mass is 576 g/mol. The van der Waals surface area contributed by atoms with E-state index in [9.17, 15) is 18.9 Å². The first-order chi connectivity index (χ1) is 18.6. The molecule has 2 aromatic carbocycles. The van der Waals surface area contributed by atoms with Gasteiger partial charge in [0.05, 0.1) is 29.6 Å². The van der Waals surface area contributed by atoms with Gasteiger partial charge >= 0.3 is 19.8 Å². The summed E-state index contributed by atoms with van der Waals surface area (Å²) in [7, 11) is -2.77. The molecule has 0 aromatic heterocycles. The smallest absolute Gasteiger partial charge is 0.477 e. The van der Waals surface area contributed by atoms with Crippen molar-refractivity contribution in [1.82, 2.24) is 4.90 Å². The summed E-state index contributed by atoms with van der Waals surface area (Å²) in [6.45, 7) is 9.51. The van der Waals surface area contributed by atoms with E-state index in [1.165, 1.54) is 24.1 Å². The Labute approximate surface area is 234 Å². The molecule has 2 aromatic rings. The van der Waals surface area contributed by atoms with Crippen LogP contribution in [0.5, 0.6) is 5.75 Å². The van der Waals surface area contributed by atoms with Crippen molar-refractivity contribution in [2.24, 2.45) is 0 Å². The molecule has 0 spiro atoms. The summed E-state index contributed by atoms with van der Waals surface area (Å²) in [5.74, 6) is -0.814. The Kier molecular flexibility index (Phi) is 9.79. The average molecular weight is 577 g/mol. The Bertz CT molecular complexity index is 1250. The highest BCUT2D eigenvalue weighted by Gasteiger charge is 2.41. The number of carbonyl (C=O) groups excluding carboxylic acids is 3. The maximum absolute atomic E-state index is 13.5. The van der Waals surface area contributed by atoms with Crippen LogP contribution in [0, 0.1) is 0 Å². The Morgan fingerprint density at radius 2 is 1.57 bits per heavy atom. The summed E-state index contributed by atoms with van der Waals surface area (Å²) in [6.07, 6.45) is -0.0501. The van der Waals surface area contributed by atoms with E-state index in [4.69, 9.17) is 23.0 Å². The van der Waals surface area contributed by atoms with E-state index in [-0.39, 0.29) is 30.8 Å². The summed E-state index contributed by atoms with van der Waals surface area (Å²) >= 11 is 0. The fourth-order valence-corrected chi connectivity index (χ4v) is 5.49. The number of phosphoric ester groups is 1. The van der Waals surface area contributed by atoms with E-state index in [2.05, 4.69) is 0 Å². The summed E-state index contributed by atoms with van der Waals surface area (Å²) in [4.78, 5) is 41.1. The molecule has 0 saturated carbocycles. The lowest BCUT2D eigenvalue weighted by molar-refractivity contribution is -0.131. The van der Waals surface area contributed by atoms with Crippen molar-refractivity contribution in [3.63, 3.8) is 0 Å². The Morgan fingerprint density at radius 1 is 0.950 bits per heavy atom. The van der Waals surface area contributed by atoms with E-state index in [1.807, 2.05) is 30.3 Å². The van der Waals surface area contributed by atoms with Crippen LogP contribution in [0.3, 0.4) is 0 Å². The van der Waals surface area contributed by atoms with Crippen molar-refractivity contribution in [2.45, 2.75) is 65.8 Å². The first-order valence-corrected chi connectivity index (χ1v) is 14.2. The fraction of sp³-hybridized carbons (Fsp3) is 0.464. The summed E-state index contributed by atoms with van der Waals surface area (Å²) in [5, 5.41) is 0. The van der Waals surface area contributed by atoms with Crippen molar-refractivity contribution in [2.75, 3.05) is 25.3 Å². The number of carbonyl (C=O) groups is 3. The number of hydrogen-bond donors (Lipinski definition) is 0. The van der Waals surface area contributed by atoms with Gasteiger partial charge in [-0.15, -0.1) is 0 Å². The fourth-order valence-electron chi connectivity index (χ4n) is 3.75. The van der Waals surface area contributed by atoms with Gasteiger partial charge in [0.1, 0.15) is 19.1 Å². The molecule has 11 nitrogen and oxygen atoms in total. The number of nitrogens with zero attached hydrogens (tertiary/aromatic N) is 2. The number of imide groups is 1. The van der Waals surface area contributed by atoms with Gasteiger partial charge in [0.15, 0.2) is 0 Å². The van der Waals surface area contributed by atoms with Gasteiger partial charge in [0.2, 0.25) is 5.91 Å². The predicted octanol–water partition coefficient (Wildman–Crippen LogP) is 5.92. The van der Waals surface area contributed by atoms with Gasteiger partial charge in [-0.25, -0.2) is 19.1 Å². The third-order valence-corrected chi connectivity index (χ3v) is 7.32. The van der Waals surface area contributed by atoms with Crippen LogP contribution in [0.2, 0.25) is 0 Å². The number of urea groups is 1. The highest BCUT2D eigenvalue weighted by Crippen LogP contribution is 2.55. The molecule has 1 saturated heterocycles. The molecule has 40 heavy (non-hydrogen) atoms. The number of rotatable bonds is 10. The van der Waals surface area contributed by atoms with Gasteiger partial charge in [-0.05, 0) is 65.3 Å². The van der Waals surface area contributed by atoms with Crippen LogP contribution < -0.4 is 9.64 Å². The average Bonchev–Trinajstić information content (AvgIpc) is 2.85. The largest absolute Gasteiger partial charge is 0.495 e. The quantitative estimate of drug-likeness (QED) is 0.250. The lowest BCUT2D eigenvalue weighted by atomic mass is 10.1. The van der Waals surface area contributed by atoms with Crippen LogP contribution in [0.1, 0.15) is 63.9 Å². The topological polar surface area (TPSA) is 121 Å². The molecule has 1 heterocycles. The third kappa shape index (κ3) is 8.63. The molecule has 0 aliphatic carbocycles. The maximum Gasteiger partial charge on any atom is 0.477 e. The molecule has 3 amide bonds. The Hall–Kier alpha value is -3.24. The SMILES string of the molecule is COc1ccc(C(=O)OCc2ccccc2)cc1N1CCC(=O)N(COP(=O)(OC(C)(C)C)OC(C)(C)C)C1=O. The number of ether oxygens (including phenoxy) is 2. The first kappa shape index (κ1) is 31.3. The zero-order chi connectivity index (χ0) is 29.7. The van der Waals surface area contributed by atoms with E-state index in [0.29, 0.717) is 5.75 Å². The van der Waals surface area contributed by atoms with Gasteiger partial charge in [-0.2, -0.15) is 0 Å². The van der Waals surface area contributed by atoms with Crippen molar-refractivity contribution in [3.8, 4) is 5.75 Å². The van der Waals surface area contributed by atoms with E-state index in [1.54, 1.807) is 47.6 Å². The van der Waals surface area contributed by atoms with E-state index < -0.39 is 43.7 Å². The number of hydrogen-bond acceptors (Lipinski definition) is 9. The molecule has 1 aliphatic rings. The van der Waals surface area contributed by atoms with E-state index >= 15 is 0 Å². The van der Waals surface area contributed by atoms with Crippen molar-refractivity contribution in [1.29, 1.82) is 0 Å². The van der Waals surface area contributed by atoms with Crippen LogP contribution in [0.25, 0.3) is 0 Å². The van der Waals surface area contributed by atoms with Crippen LogP contribution in [0.15, 0.2) is 48.5 Å². The molecular formula is C28H37N2O9P. The number of methoxy groups -OCH3 is 1. The highest BCUT2D eigenvalue weighted by molar-refractivity contribution is 7.48. The van der Waals surface area contributed by atoms with Gasteiger partial charge < -0.3 is 9.47 Å². The molecule has 0 unspecified atom stereocenters. The van der Waals surface area contributed by atoms with Gasteiger partial charge in [-0.1, -0.05) is 30.3 Å². The molecule has 0 radical (unpaired) electrons. The minimum Gasteiger partial charge on any atom is -0.495 e. The third-order valence-electron chi connectivity index (χ3n) is 5.35. The second-order valence-corrected chi connectivity index (χ2v) is 12.6. The van der Waals surface area contributed by atoms with Crippen molar-refractivity contribution >= 4 is 31.4 Å². The lowest BCUT2D eigenvalue weighted by Crippen LogP contribution is -2.53. The molecule has 0 atom stereocenters. The van der Waals surface area contributed by atoms with Crippen LogP contribution in [-0.2, 0) is 34.3 Å². The van der Waals surface area contributed by atoms with Crippen LogP contribution in [0.4, 0.5) is 10.5 Å². The molecule has 0 N–H and O–H groups in total. The summed E-state index contributed by atoms with van der Waals surface area (Å²) in [5.41, 5.74) is -0.509. The Balaban J connectivity index is 1.81.